The van der Waals surface area contributed by atoms with Crippen molar-refractivity contribution in [3.8, 4) is 0 Å². The molecule has 0 spiro atoms. The average Bonchev–Trinajstić information content (AvgIpc) is 2.96. The Morgan fingerprint density at radius 3 is 2.80 bits per heavy atom. The summed E-state index contributed by atoms with van der Waals surface area (Å²) in [5, 5.41) is 6.22. The number of nitrogens with one attached hydrogen (secondary N) is 1. The van der Waals surface area contributed by atoms with Gasteiger partial charge in [0.1, 0.15) is 17.3 Å². The van der Waals surface area contributed by atoms with E-state index in [1.54, 1.807) is 11.3 Å². The molecule has 0 amide bonds. The van der Waals surface area contributed by atoms with Crippen LogP contribution in [-0.2, 0) is 6.42 Å². The van der Waals surface area contributed by atoms with Crippen LogP contribution in [0, 0.1) is 0 Å². The molecule has 0 saturated heterocycles. The van der Waals surface area contributed by atoms with Crippen molar-refractivity contribution in [2.45, 2.75) is 45.6 Å². The van der Waals surface area contributed by atoms with Gasteiger partial charge in [0.2, 0.25) is 0 Å². The number of nitrogens with zero attached hydrogens (tertiary/aromatic N) is 2. The summed E-state index contributed by atoms with van der Waals surface area (Å²) in [6.45, 7) is 4.33. The first-order valence-electron chi connectivity index (χ1n) is 7.05. The maximum absolute atomic E-state index is 6.21. The van der Waals surface area contributed by atoms with Crippen LogP contribution in [0.3, 0.4) is 0 Å². The normalized spacial score (nSPS) is 12.3. The van der Waals surface area contributed by atoms with E-state index in [2.05, 4.69) is 46.6 Å². The maximum Gasteiger partial charge on any atom is 0.137 e. The number of hydrogen-bond acceptors (Lipinski definition) is 4. The van der Waals surface area contributed by atoms with E-state index in [0.29, 0.717) is 11.2 Å². The molecule has 0 aromatic carbocycles. The lowest BCUT2D eigenvalue weighted by atomic mass is 10.1. The van der Waals surface area contributed by atoms with Gasteiger partial charge in [-0.2, -0.15) is 0 Å². The van der Waals surface area contributed by atoms with E-state index < -0.39 is 0 Å². The lowest BCUT2D eigenvalue weighted by Crippen LogP contribution is -2.12. The lowest BCUT2D eigenvalue weighted by molar-refractivity contribution is 0.682. The van der Waals surface area contributed by atoms with Crippen molar-refractivity contribution in [1.82, 2.24) is 9.97 Å². The molecule has 0 saturated carbocycles. The number of halogens is 1. The molecule has 0 aliphatic carbocycles. The van der Waals surface area contributed by atoms with Crippen molar-refractivity contribution in [3.63, 3.8) is 0 Å². The zero-order valence-electron chi connectivity index (χ0n) is 11.9. The van der Waals surface area contributed by atoms with Crippen LogP contribution >= 0.6 is 22.9 Å². The Kier molecular flexibility index (Phi) is 5.80. The summed E-state index contributed by atoms with van der Waals surface area (Å²) in [6.07, 6.45) is 5.65. The third-order valence-electron chi connectivity index (χ3n) is 3.17. The standard InChI is InChI=1S/C15H20ClN3S/c1-3-6-11-14(16)17-10-18-15(11)19-12(7-4-2)13-8-5-9-20-13/h5,8-10,12H,3-4,6-7H2,1-2H3,(H,17,18,19). The largest absolute Gasteiger partial charge is 0.362 e. The van der Waals surface area contributed by atoms with Crippen LogP contribution in [0.25, 0.3) is 0 Å². The molecule has 3 nitrogen and oxygen atoms in total. The minimum atomic E-state index is 0.293. The topological polar surface area (TPSA) is 37.8 Å². The molecule has 1 atom stereocenters. The lowest BCUT2D eigenvalue weighted by Gasteiger charge is -2.19. The van der Waals surface area contributed by atoms with Crippen molar-refractivity contribution < 1.29 is 0 Å². The fourth-order valence-electron chi connectivity index (χ4n) is 2.22. The summed E-state index contributed by atoms with van der Waals surface area (Å²) >= 11 is 7.98. The van der Waals surface area contributed by atoms with Crippen LogP contribution in [0.2, 0.25) is 5.15 Å². The molecule has 2 heterocycles. The van der Waals surface area contributed by atoms with Gasteiger partial charge in [-0.3, -0.25) is 0 Å². The molecule has 0 radical (unpaired) electrons. The van der Waals surface area contributed by atoms with Crippen LogP contribution in [-0.4, -0.2) is 9.97 Å². The second kappa shape index (κ2) is 7.60. The number of hydrogen-bond donors (Lipinski definition) is 1. The minimum absolute atomic E-state index is 0.293. The van der Waals surface area contributed by atoms with E-state index in [1.165, 1.54) is 11.2 Å². The van der Waals surface area contributed by atoms with Crippen LogP contribution in [0.4, 0.5) is 5.82 Å². The highest BCUT2D eigenvalue weighted by Crippen LogP contribution is 2.30. The predicted molar refractivity (Wildman–Crippen MR) is 86.6 cm³/mol. The van der Waals surface area contributed by atoms with E-state index in [4.69, 9.17) is 11.6 Å². The van der Waals surface area contributed by atoms with Crippen molar-refractivity contribution in [2.75, 3.05) is 5.32 Å². The van der Waals surface area contributed by atoms with Gasteiger partial charge in [-0.25, -0.2) is 9.97 Å². The van der Waals surface area contributed by atoms with Crippen LogP contribution < -0.4 is 5.32 Å². The van der Waals surface area contributed by atoms with Gasteiger partial charge in [0.25, 0.3) is 0 Å². The molecular formula is C15H20ClN3S. The van der Waals surface area contributed by atoms with E-state index in [9.17, 15) is 0 Å². The van der Waals surface area contributed by atoms with Gasteiger partial charge in [0, 0.05) is 10.4 Å². The molecule has 1 unspecified atom stereocenters. The molecule has 0 aliphatic rings. The molecule has 1 N–H and O–H groups in total. The molecule has 2 aromatic heterocycles. The molecule has 0 aliphatic heterocycles. The smallest absolute Gasteiger partial charge is 0.137 e. The SMILES string of the molecule is CCCc1c(Cl)ncnc1NC(CCC)c1cccs1. The van der Waals surface area contributed by atoms with E-state index in [0.717, 1.165) is 37.1 Å². The van der Waals surface area contributed by atoms with Gasteiger partial charge in [-0.05, 0) is 24.3 Å². The molecule has 2 rings (SSSR count). The first-order chi connectivity index (χ1) is 9.76. The van der Waals surface area contributed by atoms with Crippen molar-refractivity contribution in [1.29, 1.82) is 0 Å². The van der Waals surface area contributed by atoms with Gasteiger partial charge in [-0.15, -0.1) is 11.3 Å². The molecule has 0 bridgehead atoms. The number of thiophene rings is 1. The Morgan fingerprint density at radius 1 is 1.30 bits per heavy atom. The first kappa shape index (κ1) is 15.3. The average molecular weight is 310 g/mol. The van der Waals surface area contributed by atoms with E-state index in [-0.39, 0.29) is 0 Å². The Bertz CT molecular complexity index is 528. The highest BCUT2D eigenvalue weighted by molar-refractivity contribution is 7.10. The predicted octanol–water partition coefficient (Wildman–Crippen LogP) is 5.10. The van der Waals surface area contributed by atoms with E-state index >= 15 is 0 Å². The Hall–Kier alpha value is -1.13. The molecule has 0 fully saturated rings. The quantitative estimate of drug-likeness (QED) is 0.723. The maximum atomic E-state index is 6.21. The monoisotopic (exact) mass is 309 g/mol. The van der Waals surface area contributed by atoms with Crippen LogP contribution in [0.5, 0.6) is 0 Å². The summed E-state index contributed by atoms with van der Waals surface area (Å²) in [5.74, 6) is 0.874. The number of aromatic nitrogens is 2. The zero-order valence-corrected chi connectivity index (χ0v) is 13.5. The van der Waals surface area contributed by atoms with Crippen LogP contribution in [0.15, 0.2) is 23.8 Å². The van der Waals surface area contributed by atoms with E-state index in [1.807, 2.05) is 0 Å². The molecule has 108 valence electrons. The number of rotatable bonds is 7. The fourth-order valence-corrected chi connectivity index (χ4v) is 3.26. The van der Waals surface area contributed by atoms with Crippen molar-refractivity contribution >= 4 is 28.8 Å². The van der Waals surface area contributed by atoms with Crippen LogP contribution in [0.1, 0.15) is 49.6 Å². The van der Waals surface area contributed by atoms with Gasteiger partial charge in [0.05, 0.1) is 6.04 Å². The summed E-state index contributed by atoms with van der Waals surface area (Å²) in [7, 11) is 0. The molecule has 5 heteroatoms. The third-order valence-corrected chi connectivity index (χ3v) is 4.48. The van der Waals surface area contributed by atoms with Gasteiger partial charge in [0.15, 0.2) is 0 Å². The summed E-state index contributed by atoms with van der Waals surface area (Å²) in [6, 6.07) is 4.55. The van der Waals surface area contributed by atoms with Crippen molar-refractivity contribution in [2.24, 2.45) is 0 Å². The first-order valence-corrected chi connectivity index (χ1v) is 8.31. The van der Waals surface area contributed by atoms with Gasteiger partial charge < -0.3 is 5.32 Å². The van der Waals surface area contributed by atoms with Crippen molar-refractivity contribution in [3.05, 3.63) is 39.4 Å². The Balaban J connectivity index is 2.24. The summed E-state index contributed by atoms with van der Waals surface area (Å²) in [4.78, 5) is 9.82. The highest BCUT2D eigenvalue weighted by atomic mass is 35.5. The minimum Gasteiger partial charge on any atom is -0.362 e. The Labute approximate surface area is 129 Å². The summed E-state index contributed by atoms with van der Waals surface area (Å²) in [5.41, 5.74) is 1.02. The molecule has 20 heavy (non-hydrogen) atoms. The van der Waals surface area contributed by atoms with Gasteiger partial charge in [-0.1, -0.05) is 44.4 Å². The zero-order chi connectivity index (χ0) is 14.4. The Morgan fingerprint density at radius 2 is 2.15 bits per heavy atom. The second-order valence-electron chi connectivity index (χ2n) is 4.74. The molecular weight excluding hydrogens is 290 g/mol. The fraction of sp³-hybridized carbons (Fsp3) is 0.467. The summed E-state index contributed by atoms with van der Waals surface area (Å²) < 4.78 is 0. The number of anilines is 1. The van der Waals surface area contributed by atoms with Gasteiger partial charge >= 0.3 is 0 Å². The molecule has 2 aromatic rings. The second-order valence-corrected chi connectivity index (χ2v) is 6.08. The third kappa shape index (κ3) is 3.70. The highest BCUT2D eigenvalue weighted by Gasteiger charge is 2.16.